The number of rotatable bonds is 10. The van der Waals surface area contributed by atoms with Gasteiger partial charge in [0.15, 0.2) is 17.2 Å². The van der Waals surface area contributed by atoms with Crippen LogP contribution < -0.4 is 14.8 Å². The van der Waals surface area contributed by atoms with Crippen LogP contribution in [-0.2, 0) is 4.74 Å². The van der Waals surface area contributed by atoms with Crippen molar-refractivity contribution < 1.29 is 24.1 Å². The van der Waals surface area contributed by atoms with E-state index in [4.69, 9.17) is 19.2 Å². The molecule has 2 aromatic carbocycles. The predicted molar refractivity (Wildman–Crippen MR) is 168 cm³/mol. The van der Waals surface area contributed by atoms with Crippen molar-refractivity contribution in [3.63, 3.8) is 0 Å². The summed E-state index contributed by atoms with van der Waals surface area (Å²) < 4.78 is 19.9. The molecule has 3 aromatic rings. The smallest absolute Gasteiger partial charge is 0.275 e. The van der Waals surface area contributed by atoms with E-state index in [0.717, 1.165) is 35.0 Å². The second kappa shape index (κ2) is 14.7. The van der Waals surface area contributed by atoms with Gasteiger partial charge in [0.1, 0.15) is 5.60 Å². The highest BCUT2D eigenvalue weighted by atomic mass is 79.9. The summed E-state index contributed by atoms with van der Waals surface area (Å²) in [6.45, 7) is 2.62. The highest BCUT2D eigenvalue weighted by Gasteiger charge is 2.42. The third kappa shape index (κ3) is 6.94. The molecule has 1 amide bonds. The zero-order valence-electron chi connectivity index (χ0n) is 24.1. The number of imidazole rings is 1. The number of methoxy groups -OCH3 is 2. The molecule has 42 heavy (non-hydrogen) atoms. The monoisotopic (exact) mass is 662 g/mol. The minimum atomic E-state index is -1.03. The summed E-state index contributed by atoms with van der Waals surface area (Å²) in [5.41, 5.74) is 1.02. The first-order chi connectivity index (χ1) is 19.9. The summed E-state index contributed by atoms with van der Waals surface area (Å²) >= 11 is 3.46. The van der Waals surface area contributed by atoms with Crippen LogP contribution in [0.25, 0.3) is 11.3 Å². The van der Waals surface area contributed by atoms with Crippen LogP contribution in [0, 0.1) is 0 Å². The average molecular weight is 664 g/mol. The van der Waals surface area contributed by atoms with Crippen LogP contribution in [0.15, 0.2) is 59.3 Å². The van der Waals surface area contributed by atoms with E-state index in [1.165, 1.54) is 0 Å². The summed E-state index contributed by atoms with van der Waals surface area (Å²) in [7, 11) is 3.23. The molecule has 1 aliphatic carbocycles. The Labute approximate surface area is 262 Å². The molecule has 5 rings (SSSR count). The van der Waals surface area contributed by atoms with Gasteiger partial charge in [0.25, 0.3) is 5.91 Å². The van der Waals surface area contributed by atoms with Crippen molar-refractivity contribution in [1.82, 2.24) is 19.8 Å². The molecular formula is C31H40BrClN4O5. The van der Waals surface area contributed by atoms with Crippen LogP contribution in [0.1, 0.15) is 48.6 Å². The third-order valence-corrected chi connectivity index (χ3v) is 8.67. The first-order valence-electron chi connectivity index (χ1n) is 14.3. The van der Waals surface area contributed by atoms with Gasteiger partial charge in [-0.3, -0.25) is 4.79 Å². The summed E-state index contributed by atoms with van der Waals surface area (Å²) in [4.78, 5) is 20.9. The van der Waals surface area contributed by atoms with Gasteiger partial charge in [0.05, 0.1) is 38.4 Å². The van der Waals surface area contributed by atoms with Gasteiger partial charge >= 0.3 is 0 Å². The SMILES string of the molecule is COC[C@]1(O)CCCC[C@H]1n1cnc(C(=O)N2CCNC[C@H]2CCOc2ccc(Br)cc2OC)c1-c1ccccc1.Cl. The standard InChI is InChI=1S/C31H39BrN4O5.ClH/c1-39-20-31(38)14-7-6-10-27(31)36-21-34-28(29(36)22-8-4-3-5-9-22)30(37)35-16-15-33-19-24(35)13-17-41-25-12-11-23(32)18-26(25)40-2;/h3-5,8-9,11-12,18,21,24,27,33,38H,6-7,10,13-17,19-20H2,1-2H3;1H/t24-,27-,31-;/m1./s1. The van der Waals surface area contributed by atoms with Crippen LogP contribution in [0.3, 0.4) is 0 Å². The van der Waals surface area contributed by atoms with Gasteiger partial charge in [0.2, 0.25) is 0 Å². The molecule has 11 heteroatoms. The number of carbonyl (C=O) groups is 1. The Morgan fingerprint density at radius 2 is 1.98 bits per heavy atom. The molecule has 2 aliphatic rings. The number of aliphatic hydroxyl groups is 1. The number of nitrogens with zero attached hydrogens (tertiary/aromatic N) is 3. The molecule has 1 saturated heterocycles. The first-order valence-corrected chi connectivity index (χ1v) is 15.1. The van der Waals surface area contributed by atoms with E-state index in [0.29, 0.717) is 56.3 Å². The fourth-order valence-corrected chi connectivity index (χ4v) is 6.48. The molecule has 1 saturated carbocycles. The minimum absolute atomic E-state index is 0. The van der Waals surface area contributed by atoms with E-state index in [2.05, 4.69) is 21.2 Å². The molecule has 9 nitrogen and oxygen atoms in total. The number of piperazine rings is 1. The molecular weight excluding hydrogens is 624 g/mol. The van der Waals surface area contributed by atoms with Crippen LogP contribution in [0.5, 0.6) is 11.5 Å². The fraction of sp³-hybridized carbons (Fsp3) is 0.484. The van der Waals surface area contributed by atoms with Crippen LogP contribution in [0.4, 0.5) is 0 Å². The maximum absolute atomic E-state index is 14.2. The number of aromatic nitrogens is 2. The topological polar surface area (TPSA) is 98.1 Å². The number of carbonyl (C=O) groups excluding carboxylic acids is 1. The van der Waals surface area contributed by atoms with Crippen molar-refractivity contribution in [1.29, 1.82) is 0 Å². The molecule has 0 radical (unpaired) electrons. The lowest BCUT2D eigenvalue weighted by Gasteiger charge is -2.41. The number of benzene rings is 2. The van der Waals surface area contributed by atoms with Crippen molar-refractivity contribution in [3.05, 3.63) is 65.0 Å². The Morgan fingerprint density at radius 1 is 1.17 bits per heavy atom. The van der Waals surface area contributed by atoms with E-state index < -0.39 is 5.60 Å². The summed E-state index contributed by atoms with van der Waals surface area (Å²) in [5, 5.41) is 15.1. The number of amides is 1. The Kier molecular flexibility index (Phi) is 11.3. The van der Waals surface area contributed by atoms with Gasteiger partial charge < -0.3 is 34.1 Å². The average Bonchev–Trinajstić information content (AvgIpc) is 3.43. The second-order valence-corrected chi connectivity index (χ2v) is 11.7. The molecule has 1 aromatic heterocycles. The molecule has 2 N–H and O–H groups in total. The number of ether oxygens (including phenoxy) is 3. The van der Waals surface area contributed by atoms with Crippen molar-refractivity contribution in [2.24, 2.45) is 0 Å². The van der Waals surface area contributed by atoms with Crippen molar-refractivity contribution >= 4 is 34.2 Å². The second-order valence-electron chi connectivity index (χ2n) is 10.8. The normalized spacial score (nSPS) is 22.3. The first kappa shape index (κ1) is 32.3. The predicted octanol–water partition coefficient (Wildman–Crippen LogP) is 5.12. The fourth-order valence-electron chi connectivity index (χ4n) is 6.14. The summed E-state index contributed by atoms with van der Waals surface area (Å²) in [6, 6.07) is 15.2. The van der Waals surface area contributed by atoms with Gasteiger partial charge in [-0.2, -0.15) is 0 Å². The van der Waals surface area contributed by atoms with Crippen LogP contribution >= 0.6 is 28.3 Å². The third-order valence-electron chi connectivity index (χ3n) is 8.18. The van der Waals surface area contributed by atoms with Crippen molar-refractivity contribution in [2.45, 2.75) is 49.8 Å². The van der Waals surface area contributed by atoms with Crippen LogP contribution in [0.2, 0.25) is 0 Å². The van der Waals surface area contributed by atoms with E-state index >= 15 is 0 Å². The zero-order chi connectivity index (χ0) is 28.8. The molecule has 3 atom stereocenters. The Morgan fingerprint density at radius 3 is 2.74 bits per heavy atom. The highest BCUT2D eigenvalue weighted by molar-refractivity contribution is 9.10. The molecule has 0 spiro atoms. The summed E-state index contributed by atoms with van der Waals surface area (Å²) in [6.07, 6.45) is 5.74. The molecule has 0 unspecified atom stereocenters. The maximum Gasteiger partial charge on any atom is 0.275 e. The van der Waals surface area contributed by atoms with Crippen molar-refractivity contribution in [2.75, 3.05) is 47.1 Å². The number of halogens is 2. The van der Waals surface area contributed by atoms with Gasteiger partial charge in [-0.25, -0.2) is 4.98 Å². The Balaban J connectivity index is 0.00000405. The number of hydrogen-bond donors (Lipinski definition) is 2. The Bertz CT molecular complexity index is 1320. The number of hydrogen-bond acceptors (Lipinski definition) is 7. The lowest BCUT2D eigenvalue weighted by Crippen LogP contribution is -2.54. The van der Waals surface area contributed by atoms with E-state index in [-0.39, 0.29) is 37.0 Å². The van der Waals surface area contributed by atoms with Crippen molar-refractivity contribution in [3.8, 4) is 22.8 Å². The summed E-state index contributed by atoms with van der Waals surface area (Å²) in [5.74, 6) is 1.21. The molecule has 228 valence electrons. The molecule has 1 aliphatic heterocycles. The van der Waals surface area contributed by atoms with E-state index in [1.54, 1.807) is 20.5 Å². The van der Waals surface area contributed by atoms with Gasteiger partial charge in [0, 0.05) is 49.2 Å². The molecule has 2 fully saturated rings. The highest BCUT2D eigenvalue weighted by Crippen LogP contribution is 2.41. The maximum atomic E-state index is 14.2. The van der Waals surface area contributed by atoms with E-state index in [9.17, 15) is 9.90 Å². The molecule has 0 bridgehead atoms. The minimum Gasteiger partial charge on any atom is -0.493 e. The number of nitrogens with one attached hydrogen (secondary N) is 1. The van der Waals surface area contributed by atoms with Gasteiger partial charge in [-0.15, -0.1) is 12.4 Å². The largest absolute Gasteiger partial charge is 0.493 e. The Hall–Kier alpha value is -2.63. The lowest BCUT2D eigenvalue weighted by molar-refractivity contribution is -0.0893. The van der Waals surface area contributed by atoms with Gasteiger partial charge in [-0.1, -0.05) is 59.1 Å². The van der Waals surface area contributed by atoms with E-state index in [1.807, 2.05) is 58.0 Å². The quantitative estimate of drug-likeness (QED) is 0.311. The van der Waals surface area contributed by atoms with Gasteiger partial charge in [-0.05, 0) is 31.0 Å². The van der Waals surface area contributed by atoms with Crippen LogP contribution in [-0.4, -0.2) is 84.2 Å². The molecule has 2 heterocycles. The lowest BCUT2D eigenvalue weighted by atomic mass is 9.80. The zero-order valence-corrected chi connectivity index (χ0v) is 26.5.